The molecule has 2 heterocycles. The molecule has 0 radical (unpaired) electrons. The third-order valence-corrected chi connectivity index (χ3v) is 11.0. The van der Waals surface area contributed by atoms with Crippen molar-refractivity contribution in [3.05, 3.63) is 43.8 Å². The second-order valence-corrected chi connectivity index (χ2v) is 13.8. The zero-order chi connectivity index (χ0) is 16.0. The van der Waals surface area contributed by atoms with Gasteiger partial charge in [0.05, 0.1) is 6.10 Å². The average molecular weight is 349 g/mol. The van der Waals surface area contributed by atoms with Gasteiger partial charge in [0, 0.05) is 6.42 Å². The first kappa shape index (κ1) is 16.2. The molecule has 4 heteroatoms. The first-order valence-electron chi connectivity index (χ1n) is 7.75. The van der Waals surface area contributed by atoms with Gasteiger partial charge in [-0.25, -0.2) is 0 Å². The van der Waals surface area contributed by atoms with E-state index in [0.717, 1.165) is 6.42 Å². The smallest absolute Gasteiger partial charge is 0.192 e. The molecule has 1 aliphatic rings. The topological polar surface area (TPSA) is 9.23 Å². The Kier molecular flexibility index (Phi) is 4.23. The molecule has 0 bridgehead atoms. The molecule has 0 amide bonds. The summed E-state index contributed by atoms with van der Waals surface area (Å²) < 4.78 is 6.81. The summed E-state index contributed by atoms with van der Waals surface area (Å²) in [6.07, 6.45) is 5.66. The molecular formula is C18H24OS2Si. The summed E-state index contributed by atoms with van der Waals surface area (Å²) in [5, 5.41) is 9.27. The molecule has 2 aromatic heterocycles. The highest BCUT2D eigenvalue weighted by Crippen LogP contribution is 2.42. The van der Waals surface area contributed by atoms with Crippen LogP contribution in [0.5, 0.6) is 0 Å². The van der Waals surface area contributed by atoms with Gasteiger partial charge in [0.1, 0.15) is 0 Å². The number of fused-ring (bicyclic) bond motifs is 2. The van der Waals surface area contributed by atoms with E-state index in [0.29, 0.717) is 0 Å². The molecular weight excluding hydrogens is 324 g/mol. The molecule has 2 aromatic rings. The van der Waals surface area contributed by atoms with Crippen LogP contribution in [0.3, 0.4) is 0 Å². The van der Waals surface area contributed by atoms with E-state index in [1.165, 1.54) is 22.3 Å². The predicted molar refractivity (Wildman–Crippen MR) is 102 cm³/mol. The van der Waals surface area contributed by atoms with Gasteiger partial charge in [-0.05, 0) is 61.9 Å². The van der Waals surface area contributed by atoms with Crippen LogP contribution in [-0.4, -0.2) is 8.32 Å². The quantitative estimate of drug-likeness (QED) is 0.556. The Labute approximate surface area is 142 Å². The van der Waals surface area contributed by atoms with Gasteiger partial charge in [0.15, 0.2) is 8.32 Å². The van der Waals surface area contributed by atoms with Gasteiger partial charge >= 0.3 is 0 Å². The normalized spacial score (nSPS) is 20.0. The zero-order valence-electron chi connectivity index (χ0n) is 14.0. The molecule has 0 aliphatic heterocycles. The lowest BCUT2D eigenvalue weighted by Gasteiger charge is -2.39. The van der Waals surface area contributed by atoms with E-state index in [1.54, 1.807) is 22.7 Å². The zero-order valence-corrected chi connectivity index (χ0v) is 16.6. The minimum absolute atomic E-state index is 0.181. The summed E-state index contributed by atoms with van der Waals surface area (Å²) in [4.78, 5) is 0. The molecule has 0 spiro atoms. The van der Waals surface area contributed by atoms with Crippen molar-refractivity contribution >= 4 is 43.1 Å². The van der Waals surface area contributed by atoms with Crippen LogP contribution in [0.1, 0.15) is 49.1 Å². The van der Waals surface area contributed by atoms with Crippen LogP contribution in [0.2, 0.25) is 18.1 Å². The maximum atomic E-state index is 6.81. The lowest BCUT2D eigenvalue weighted by Crippen LogP contribution is -2.42. The summed E-state index contributed by atoms with van der Waals surface area (Å²) >= 11 is 3.57. The molecule has 1 aliphatic carbocycles. The third-order valence-electron chi connectivity index (χ3n) is 4.94. The molecule has 0 saturated carbocycles. The standard InChI is InChI=1S/C18H24OS2Si/c1-18(2,3)22(4,5)19-17-8-15-11-20-9-13(15)6-7-14-10-21-12-16(14)17/h6-7,9-12,17H,8H2,1-5H3/b7-6-. The predicted octanol–water partition coefficient (Wildman–Crippen LogP) is 6.60. The fourth-order valence-electron chi connectivity index (χ4n) is 2.49. The Morgan fingerprint density at radius 1 is 1.00 bits per heavy atom. The summed E-state index contributed by atoms with van der Waals surface area (Å²) in [7, 11) is -1.79. The molecule has 1 nitrogen and oxygen atoms in total. The van der Waals surface area contributed by atoms with Gasteiger partial charge in [-0.3, -0.25) is 0 Å². The largest absolute Gasteiger partial charge is 0.410 e. The van der Waals surface area contributed by atoms with E-state index >= 15 is 0 Å². The minimum Gasteiger partial charge on any atom is -0.410 e. The second kappa shape index (κ2) is 5.75. The van der Waals surface area contributed by atoms with Crippen molar-refractivity contribution in [2.24, 2.45) is 0 Å². The summed E-state index contributed by atoms with van der Waals surface area (Å²) in [6.45, 7) is 11.6. The van der Waals surface area contributed by atoms with Crippen molar-refractivity contribution in [1.29, 1.82) is 0 Å². The molecule has 0 fully saturated rings. The molecule has 0 saturated heterocycles. The number of hydrogen-bond acceptors (Lipinski definition) is 3. The van der Waals surface area contributed by atoms with Crippen molar-refractivity contribution < 1.29 is 4.43 Å². The number of hydrogen-bond donors (Lipinski definition) is 0. The fourth-order valence-corrected chi connectivity index (χ4v) is 5.47. The van der Waals surface area contributed by atoms with Crippen LogP contribution in [0, 0.1) is 0 Å². The highest BCUT2D eigenvalue weighted by molar-refractivity contribution is 7.08. The molecule has 22 heavy (non-hydrogen) atoms. The van der Waals surface area contributed by atoms with Crippen LogP contribution >= 0.6 is 22.7 Å². The molecule has 0 N–H and O–H groups in total. The third kappa shape index (κ3) is 3.02. The van der Waals surface area contributed by atoms with E-state index in [2.05, 4.69) is 67.5 Å². The Hall–Kier alpha value is -0.683. The summed E-state index contributed by atoms with van der Waals surface area (Å²) in [6, 6.07) is 0. The molecule has 1 unspecified atom stereocenters. The fraction of sp³-hybridized carbons (Fsp3) is 0.444. The number of rotatable bonds is 2. The van der Waals surface area contributed by atoms with E-state index in [1.807, 2.05) is 0 Å². The highest BCUT2D eigenvalue weighted by atomic mass is 32.1. The van der Waals surface area contributed by atoms with E-state index < -0.39 is 8.32 Å². The van der Waals surface area contributed by atoms with Crippen LogP contribution in [0.4, 0.5) is 0 Å². The Morgan fingerprint density at radius 2 is 1.64 bits per heavy atom. The van der Waals surface area contributed by atoms with Crippen molar-refractivity contribution in [2.45, 2.75) is 51.4 Å². The van der Waals surface area contributed by atoms with E-state index in [4.69, 9.17) is 4.43 Å². The Morgan fingerprint density at radius 3 is 2.36 bits per heavy atom. The monoisotopic (exact) mass is 348 g/mol. The first-order valence-corrected chi connectivity index (χ1v) is 12.5. The second-order valence-electron chi connectivity index (χ2n) is 7.54. The van der Waals surface area contributed by atoms with E-state index in [-0.39, 0.29) is 11.1 Å². The van der Waals surface area contributed by atoms with Gasteiger partial charge in [0.25, 0.3) is 0 Å². The van der Waals surface area contributed by atoms with Crippen molar-refractivity contribution in [2.75, 3.05) is 0 Å². The maximum absolute atomic E-state index is 6.81. The molecule has 0 aromatic carbocycles. The lowest BCUT2D eigenvalue weighted by molar-refractivity contribution is 0.184. The van der Waals surface area contributed by atoms with Gasteiger partial charge in [-0.1, -0.05) is 32.9 Å². The lowest BCUT2D eigenvalue weighted by atomic mass is 9.96. The summed E-state index contributed by atoms with van der Waals surface area (Å²) in [5.74, 6) is 0. The minimum atomic E-state index is -1.79. The van der Waals surface area contributed by atoms with Gasteiger partial charge in [-0.15, -0.1) is 0 Å². The maximum Gasteiger partial charge on any atom is 0.192 e. The van der Waals surface area contributed by atoms with Crippen LogP contribution < -0.4 is 0 Å². The Balaban J connectivity index is 1.99. The van der Waals surface area contributed by atoms with Crippen molar-refractivity contribution in [3.63, 3.8) is 0 Å². The molecule has 3 rings (SSSR count). The Bertz CT molecular complexity index is 688. The summed E-state index contributed by atoms with van der Waals surface area (Å²) in [5.41, 5.74) is 5.46. The SMILES string of the molecule is CC(C)(C)[Si](C)(C)OC1Cc2cscc2/C=C\c2cscc21. The van der Waals surface area contributed by atoms with Gasteiger partial charge < -0.3 is 4.43 Å². The molecule has 1 atom stereocenters. The van der Waals surface area contributed by atoms with Crippen molar-refractivity contribution in [3.8, 4) is 0 Å². The van der Waals surface area contributed by atoms with Crippen molar-refractivity contribution in [1.82, 2.24) is 0 Å². The highest BCUT2D eigenvalue weighted by Gasteiger charge is 2.40. The van der Waals surface area contributed by atoms with Gasteiger partial charge in [-0.2, -0.15) is 22.7 Å². The average Bonchev–Trinajstić information content (AvgIpc) is 3.00. The van der Waals surface area contributed by atoms with Crippen LogP contribution in [0.15, 0.2) is 21.5 Å². The molecule has 118 valence electrons. The van der Waals surface area contributed by atoms with Crippen LogP contribution in [-0.2, 0) is 10.8 Å². The first-order chi connectivity index (χ1) is 10.3. The van der Waals surface area contributed by atoms with Crippen LogP contribution in [0.25, 0.3) is 12.2 Å². The van der Waals surface area contributed by atoms with E-state index in [9.17, 15) is 0 Å². The van der Waals surface area contributed by atoms with Gasteiger partial charge in [0.2, 0.25) is 0 Å². The number of thiophene rings is 2.